The van der Waals surface area contributed by atoms with E-state index in [9.17, 15) is 4.79 Å². The number of nitrogens with zero attached hydrogens (tertiary/aromatic N) is 7. The SMILES string of the molecule is Cc1cc(C)n(-c2cc(NC(=O)CN3CCC(N(C)C)C3)nc(-c3nccs3)n2)n1. The van der Waals surface area contributed by atoms with Crippen molar-refractivity contribution in [1.29, 1.82) is 0 Å². The molecule has 1 fully saturated rings. The van der Waals surface area contributed by atoms with E-state index in [4.69, 9.17) is 0 Å². The van der Waals surface area contributed by atoms with E-state index in [1.54, 1.807) is 16.9 Å². The standard InChI is InChI=1S/C20H26N8OS/c1-13-9-14(2)28(25-13)17-10-16(23-19(24-17)20-21-6-8-30-20)22-18(29)12-27-7-5-15(11-27)26(3)4/h6,8-10,15H,5,7,11-12H2,1-4H3,(H,22,23,24,29). The van der Waals surface area contributed by atoms with Crippen LogP contribution in [0.3, 0.4) is 0 Å². The molecule has 1 amide bonds. The number of aryl methyl sites for hydroxylation is 2. The second-order valence-corrected chi connectivity index (χ2v) is 8.70. The number of hydrogen-bond donors (Lipinski definition) is 1. The van der Waals surface area contributed by atoms with Crippen molar-refractivity contribution in [3.05, 3.63) is 35.1 Å². The van der Waals surface area contributed by atoms with Crippen molar-refractivity contribution in [3.8, 4) is 16.6 Å². The fourth-order valence-corrected chi connectivity index (χ4v) is 4.23. The van der Waals surface area contributed by atoms with Gasteiger partial charge in [-0.1, -0.05) is 0 Å². The van der Waals surface area contributed by atoms with Gasteiger partial charge in [0.05, 0.1) is 12.2 Å². The van der Waals surface area contributed by atoms with Crippen LogP contribution in [-0.4, -0.2) is 80.2 Å². The Morgan fingerprint density at radius 3 is 2.77 bits per heavy atom. The van der Waals surface area contributed by atoms with Gasteiger partial charge in [0.1, 0.15) is 5.82 Å². The average molecular weight is 427 g/mol. The maximum Gasteiger partial charge on any atom is 0.239 e. The Hall–Kier alpha value is -2.69. The van der Waals surface area contributed by atoms with Crippen molar-refractivity contribution < 1.29 is 4.79 Å². The summed E-state index contributed by atoms with van der Waals surface area (Å²) in [6, 6.07) is 4.23. The maximum atomic E-state index is 12.7. The van der Waals surface area contributed by atoms with E-state index in [1.807, 2.05) is 25.3 Å². The van der Waals surface area contributed by atoms with Crippen LogP contribution in [0.5, 0.6) is 0 Å². The molecule has 3 aromatic heterocycles. The maximum absolute atomic E-state index is 12.7. The summed E-state index contributed by atoms with van der Waals surface area (Å²) in [7, 11) is 4.16. The van der Waals surface area contributed by atoms with Gasteiger partial charge in [0.15, 0.2) is 16.6 Å². The van der Waals surface area contributed by atoms with Crippen molar-refractivity contribution >= 4 is 23.1 Å². The van der Waals surface area contributed by atoms with Gasteiger partial charge in [0, 0.05) is 42.5 Å². The van der Waals surface area contributed by atoms with E-state index < -0.39 is 0 Å². The average Bonchev–Trinajstić information content (AvgIpc) is 3.42. The molecule has 0 aliphatic carbocycles. The lowest BCUT2D eigenvalue weighted by atomic mass is 10.2. The van der Waals surface area contributed by atoms with Gasteiger partial charge in [-0.05, 0) is 40.4 Å². The molecule has 4 rings (SSSR count). The Morgan fingerprint density at radius 1 is 1.30 bits per heavy atom. The number of anilines is 1. The summed E-state index contributed by atoms with van der Waals surface area (Å²) in [5.74, 6) is 1.44. The predicted octanol–water partition coefficient (Wildman–Crippen LogP) is 1.98. The summed E-state index contributed by atoms with van der Waals surface area (Å²) < 4.78 is 1.76. The highest BCUT2D eigenvalue weighted by molar-refractivity contribution is 7.13. The van der Waals surface area contributed by atoms with E-state index in [-0.39, 0.29) is 5.91 Å². The van der Waals surface area contributed by atoms with Crippen LogP contribution in [0.2, 0.25) is 0 Å². The van der Waals surface area contributed by atoms with Crippen molar-refractivity contribution in [2.45, 2.75) is 26.3 Å². The molecular formula is C20H26N8OS. The number of carbonyl (C=O) groups excluding carboxylic acids is 1. The van der Waals surface area contributed by atoms with Crippen molar-refractivity contribution in [2.24, 2.45) is 0 Å². The minimum atomic E-state index is -0.0856. The van der Waals surface area contributed by atoms with Gasteiger partial charge in [-0.2, -0.15) is 5.10 Å². The Morgan fingerprint density at radius 2 is 2.13 bits per heavy atom. The molecule has 30 heavy (non-hydrogen) atoms. The molecule has 1 aliphatic heterocycles. The second kappa shape index (κ2) is 8.58. The first-order chi connectivity index (χ1) is 14.4. The van der Waals surface area contributed by atoms with Crippen molar-refractivity contribution in [2.75, 3.05) is 39.0 Å². The first-order valence-electron chi connectivity index (χ1n) is 9.90. The first kappa shape index (κ1) is 20.6. The summed E-state index contributed by atoms with van der Waals surface area (Å²) in [5, 5.41) is 10.0. The zero-order valence-corrected chi connectivity index (χ0v) is 18.5. The van der Waals surface area contributed by atoms with Crippen LogP contribution < -0.4 is 5.32 Å². The minimum absolute atomic E-state index is 0.0856. The molecule has 1 aliphatic rings. The van der Waals surface area contributed by atoms with Gasteiger partial charge in [-0.15, -0.1) is 11.3 Å². The molecule has 1 atom stereocenters. The molecule has 1 unspecified atom stereocenters. The Kier molecular flexibility index (Phi) is 5.89. The second-order valence-electron chi connectivity index (χ2n) is 7.80. The van der Waals surface area contributed by atoms with E-state index in [2.05, 4.69) is 49.3 Å². The molecule has 158 valence electrons. The number of aromatic nitrogens is 5. The van der Waals surface area contributed by atoms with Crippen LogP contribution in [0.25, 0.3) is 16.6 Å². The fourth-order valence-electron chi connectivity index (χ4n) is 3.66. The largest absolute Gasteiger partial charge is 0.309 e. The smallest absolute Gasteiger partial charge is 0.239 e. The van der Waals surface area contributed by atoms with Gasteiger partial charge in [0.25, 0.3) is 0 Å². The van der Waals surface area contributed by atoms with Gasteiger partial charge in [-0.3, -0.25) is 9.69 Å². The number of hydrogen-bond acceptors (Lipinski definition) is 8. The molecular weight excluding hydrogens is 400 g/mol. The van der Waals surface area contributed by atoms with Crippen LogP contribution in [0.15, 0.2) is 23.7 Å². The number of nitrogens with one attached hydrogen (secondary N) is 1. The highest BCUT2D eigenvalue weighted by Crippen LogP contribution is 2.22. The van der Waals surface area contributed by atoms with Gasteiger partial charge in [0.2, 0.25) is 5.91 Å². The summed E-state index contributed by atoms with van der Waals surface area (Å²) in [6.07, 6.45) is 2.79. The lowest BCUT2D eigenvalue weighted by Gasteiger charge is -2.20. The summed E-state index contributed by atoms with van der Waals surface area (Å²) in [4.78, 5) is 30.6. The third-order valence-corrected chi connectivity index (χ3v) is 5.94. The van der Waals surface area contributed by atoms with E-state index in [0.717, 1.165) is 30.9 Å². The molecule has 3 aromatic rings. The number of likely N-dealkylation sites (tertiary alicyclic amines) is 1. The Bertz CT molecular complexity index is 1030. The van der Waals surface area contributed by atoms with Crippen LogP contribution in [-0.2, 0) is 4.79 Å². The number of carbonyl (C=O) groups is 1. The topological polar surface area (TPSA) is 92.1 Å². The van der Waals surface area contributed by atoms with E-state index in [0.29, 0.717) is 35.1 Å². The van der Waals surface area contributed by atoms with Gasteiger partial charge < -0.3 is 10.2 Å². The van der Waals surface area contributed by atoms with Crippen LogP contribution in [0.1, 0.15) is 17.8 Å². The normalized spacial score (nSPS) is 17.0. The molecule has 1 N–H and O–H groups in total. The zero-order valence-electron chi connectivity index (χ0n) is 17.7. The number of amides is 1. The van der Waals surface area contributed by atoms with Crippen molar-refractivity contribution in [3.63, 3.8) is 0 Å². The third kappa shape index (κ3) is 4.55. The molecule has 10 heteroatoms. The molecule has 1 saturated heterocycles. The third-order valence-electron chi connectivity index (χ3n) is 5.18. The van der Waals surface area contributed by atoms with Crippen LogP contribution >= 0.6 is 11.3 Å². The first-order valence-corrected chi connectivity index (χ1v) is 10.8. The summed E-state index contributed by atoms with van der Waals surface area (Å²) >= 11 is 1.45. The summed E-state index contributed by atoms with van der Waals surface area (Å²) in [6.45, 7) is 6.06. The fraction of sp³-hybridized carbons (Fsp3) is 0.450. The molecule has 4 heterocycles. The molecule has 9 nitrogen and oxygen atoms in total. The number of thiazole rings is 1. The monoisotopic (exact) mass is 426 g/mol. The highest BCUT2D eigenvalue weighted by Gasteiger charge is 2.25. The lowest BCUT2D eigenvalue weighted by molar-refractivity contribution is -0.117. The minimum Gasteiger partial charge on any atom is -0.309 e. The number of rotatable bonds is 6. The predicted molar refractivity (Wildman–Crippen MR) is 117 cm³/mol. The van der Waals surface area contributed by atoms with Gasteiger partial charge in [-0.25, -0.2) is 19.6 Å². The Balaban J connectivity index is 1.56. The quantitative estimate of drug-likeness (QED) is 0.644. The lowest BCUT2D eigenvalue weighted by Crippen LogP contribution is -2.35. The van der Waals surface area contributed by atoms with E-state index >= 15 is 0 Å². The molecule has 0 saturated carbocycles. The molecule has 0 bridgehead atoms. The zero-order chi connectivity index (χ0) is 21.3. The highest BCUT2D eigenvalue weighted by atomic mass is 32.1. The Labute approximate surface area is 179 Å². The molecule has 0 spiro atoms. The van der Waals surface area contributed by atoms with Crippen LogP contribution in [0, 0.1) is 13.8 Å². The number of likely N-dealkylation sites (N-methyl/N-ethyl adjacent to an activating group) is 1. The molecule has 0 aromatic carbocycles. The van der Waals surface area contributed by atoms with Crippen molar-refractivity contribution in [1.82, 2.24) is 34.5 Å². The van der Waals surface area contributed by atoms with Gasteiger partial charge >= 0.3 is 0 Å². The van der Waals surface area contributed by atoms with E-state index in [1.165, 1.54) is 11.3 Å². The summed E-state index contributed by atoms with van der Waals surface area (Å²) in [5.41, 5.74) is 1.86. The molecule has 0 radical (unpaired) electrons. The van der Waals surface area contributed by atoms with Crippen LogP contribution in [0.4, 0.5) is 5.82 Å².